The van der Waals surface area contributed by atoms with Gasteiger partial charge >= 0.3 is 0 Å². The Balaban J connectivity index is 2.76. The van der Waals surface area contributed by atoms with E-state index < -0.39 is 11.1 Å². The van der Waals surface area contributed by atoms with Gasteiger partial charge in [-0.2, -0.15) is 0 Å². The third kappa shape index (κ3) is 7.64. The van der Waals surface area contributed by atoms with Gasteiger partial charge in [0.1, 0.15) is 0 Å². The molecule has 0 aliphatic heterocycles. The number of nitrogens with one attached hydrogen (secondary N) is 2. The second-order valence-corrected chi connectivity index (χ2v) is 8.11. The zero-order valence-corrected chi connectivity index (χ0v) is 17.5. The molecule has 1 rings (SSSR count). The summed E-state index contributed by atoms with van der Waals surface area (Å²) in [4.78, 5) is 4.41. The van der Waals surface area contributed by atoms with Gasteiger partial charge in [-0.05, 0) is 72.4 Å². The first-order chi connectivity index (χ1) is 12.6. The predicted octanol–water partition coefficient (Wildman–Crippen LogP) is 3.07. The Morgan fingerprint density at radius 3 is 1.93 bits per heavy atom. The van der Waals surface area contributed by atoms with Gasteiger partial charge in [-0.15, -0.1) is 0 Å². The van der Waals surface area contributed by atoms with Crippen molar-refractivity contribution in [3.05, 3.63) is 30.1 Å². The summed E-state index contributed by atoms with van der Waals surface area (Å²) in [6.07, 6.45) is 3.65. The molecule has 0 atom stereocenters. The summed E-state index contributed by atoms with van der Waals surface area (Å²) in [5.41, 5.74) is 1.57. The predicted molar refractivity (Wildman–Crippen MR) is 110 cm³/mol. The Hall–Kier alpha value is -1.99. The second-order valence-electron chi connectivity index (χ2n) is 8.11. The fraction of sp³-hybridized carbons (Fsp3) is 0.650. The molecule has 0 saturated carbocycles. The van der Waals surface area contributed by atoms with Crippen LogP contribution in [0.2, 0.25) is 0 Å². The van der Waals surface area contributed by atoms with Gasteiger partial charge < -0.3 is 21.0 Å². The number of hydrogen-bond donors (Lipinski definition) is 4. The maximum absolute atomic E-state index is 9.08. The van der Waals surface area contributed by atoms with Crippen molar-refractivity contribution < 1.29 is 10.4 Å². The standard InChI is InChI=1S/C20H35N5O2/c1-15(24-26)19(3,4)22-13-17(10-11-18-9-7-8-12-21-18)14-23-20(5,6)16(2)25-27/h7-9,12,17,22-23,26-27H,10-11,13-14H2,1-6H3/b24-15+,25-16+. The Kier molecular flexibility index (Phi) is 8.85. The fourth-order valence-corrected chi connectivity index (χ4v) is 2.48. The van der Waals surface area contributed by atoms with Crippen LogP contribution in [0.4, 0.5) is 0 Å². The van der Waals surface area contributed by atoms with Crippen LogP contribution in [0, 0.1) is 5.92 Å². The maximum Gasteiger partial charge on any atom is 0.0734 e. The van der Waals surface area contributed by atoms with Crippen LogP contribution in [-0.2, 0) is 6.42 Å². The lowest BCUT2D eigenvalue weighted by Crippen LogP contribution is -2.51. The zero-order valence-electron chi connectivity index (χ0n) is 17.5. The first-order valence-electron chi connectivity index (χ1n) is 9.40. The van der Waals surface area contributed by atoms with Crippen molar-refractivity contribution in [3.63, 3.8) is 0 Å². The van der Waals surface area contributed by atoms with Gasteiger partial charge in [0, 0.05) is 25.0 Å². The molecule has 0 bridgehead atoms. The van der Waals surface area contributed by atoms with Crippen LogP contribution in [-0.4, -0.2) is 51.0 Å². The summed E-state index contributed by atoms with van der Waals surface area (Å²) in [5.74, 6) is 0.323. The summed E-state index contributed by atoms with van der Waals surface area (Å²) >= 11 is 0. The van der Waals surface area contributed by atoms with E-state index in [2.05, 4.69) is 25.9 Å². The van der Waals surface area contributed by atoms with Crippen LogP contribution in [0.25, 0.3) is 0 Å². The van der Waals surface area contributed by atoms with Crippen molar-refractivity contribution in [1.82, 2.24) is 15.6 Å². The molecule has 7 nitrogen and oxygen atoms in total. The summed E-state index contributed by atoms with van der Waals surface area (Å²) in [5, 5.41) is 31.8. The quantitative estimate of drug-likeness (QED) is 0.270. The molecule has 0 fully saturated rings. The van der Waals surface area contributed by atoms with E-state index in [1.165, 1.54) is 0 Å². The molecule has 0 spiro atoms. The minimum Gasteiger partial charge on any atom is -0.411 e. The minimum atomic E-state index is -0.393. The van der Waals surface area contributed by atoms with Gasteiger partial charge in [-0.3, -0.25) is 4.98 Å². The number of pyridine rings is 1. The van der Waals surface area contributed by atoms with Crippen LogP contribution >= 0.6 is 0 Å². The Labute approximate surface area is 163 Å². The van der Waals surface area contributed by atoms with E-state index in [-0.39, 0.29) is 0 Å². The third-order valence-electron chi connectivity index (χ3n) is 5.31. The summed E-state index contributed by atoms with van der Waals surface area (Å²) in [7, 11) is 0. The van der Waals surface area contributed by atoms with Crippen LogP contribution in [0.5, 0.6) is 0 Å². The van der Waals surface area contributed by atoms with Gasteiger partial charge in [0.2, 0.25) is 0 Å². The summed E-state index contributed by atoms with van der Waals surface area (Å²) in [6.45, 7) is 13.1. The van der Waals surface area contributed by atoms with E-state index in [1.807, 2.05) is 52.1 Å². The molecule has 0 unspecified atom stereocenters. The average Bonchev–Trinajstić information content (AvgIpc) is 2.66. The highest BCUT2D eigenvalue weighted by Crippen LogP contribution is 2.13. The van der Waals surface area contributed by atoms with Crippen LogP contribution in [0.3, 0.4) is 0 Å². The number of aryl methyl sites for hydroxylation is 1. The molecule has 1 aromatic heterocycles. The lowest BCUT2D eigenvalue weighted by atomic mass is 9.94. The molecular weight excluding hydrogens is 342 g/mol. The molecule has 0 saturated heterocycles. The van der Waals surface area contributed by atoms with E-state index in [1.54, 1.807) is 13.8 Å². The van der Waals surface area contributed by atoms with Crippen LogP contribution in [0.1, 0.15) is 53.7 Å². The number of rotatable bonds is 11. The maximum atomic E-state index is 9.08. The first-order valence-corrected chi connectivity index (χ1v) is 9.40. The van der Waals surface area contributed by atoms with Crippen molar-refractivity contribution in [2.45, 2.75) is 65.5 Å². The SMILES string of the molecule is C/C(=N\O)C(C)(C)NCC(CCc1ccccn1)CNC(C)(C)/C(C)=N/O. The molecular formula is C20H35N5O2. The molecule has 4 N–H and O–H groups in total. The second kappa shape index (κ2) is 10.4. The Morgan fingerprint density at radius 1 is 1.00 bits per heavy atom. The molecule has 7 heteroatoms. The third-order valence-corrected chi connectivity index (χ3v) is 5.31. The largest absolute Gasteiger partial charge is 0.411 e. The molecule has 1 heterocycles. The highest BCUT2D eigenvalue weighted by molar-refractivity contribution is 5.90. The van der Waals surface area contributed by atoms with Crippen molar-refractivity contribution in [2.75, 3.05) is 13.1 Å². The van der Waals surface area contributed by atoms with Crippen LogP contribution < -0.4 is 10.6 Å². The van der Waals surface area contributed by atoms with E-state index >= 15 is 0 Å². The molecule has 0 radical (unpaired) electrons. The molecule has 1 aromatic rings. The number of oxime groups is 2. The smallest absolute Gasteiger partial charge is 0.0734 e. The van der Waals surface area contributed by atoms with E-state index in [9.17, 15) is 0 Å². The highest BCUT2D eigenvalue weighted by Gasteiger charge is 2.26. The van der Waals surface area contributed by atoms with E-state index in [4.69, 9.17) is 10.4 Å². The van der Waals surface area contributed by atoms with Crippen LogP contribution in [0.15, 0.2) is 34.7 Å². The lowest BCUT2D eigenvalue weighted by Gasteiger charge is -2.31. The highest BCUT2D eigenvalue weighted by atomic mass is 16.4. The first kappa shape index (κ1) is 23.0. The van der Waals surface area contributed by atoms with E-state index in [0.717, 1.165) is 31.6 Å². The average molecular weight is 378 g/mol. The molecule has 0 amide bonds. The monoisotopic (exact) mass is 377 g/mol. The van der Waals surface area contributed by atoms with Crippen molar-refractivity contribution in [1.29, 1.82) is 0 Å². The molecule has 0 aromatic carbocycles. The van der Waals surface area contributed by atoms with Gasteiger partial charge in [0.15, 0.2) is 0 Å². The Bertz CT molecular complexity index is 593. The Morgan fingerprint density at radius 2 is 1.52 bits per heavy atom. The van der Waals surface area contributed by atoms with Crippen molar-refractivity contribution in [3.8, 4) is 0 Å². The van der Waals surface area contributed by atoms with Gasteiger partial charge in [-0.25, -0.2) is 0 Å². The minimum absolute atomic E-state index is 0.323. The summed E-state index contributed by atoms with van der Waals surface area (Å²) < 4.78 is 0. The lowest BCUT2D eigenvalue weighted by molar-refractivity contribution is 0.302. The topological polar surface area (TPSA) is 102 Å². The normalized spacial score (nSPS) is 15.0. The van der Waals surface area contributed by atoms with E-state index in [0.29, 0.717) is 17.3 Å². The number of hydrogen-bond acceptors (Lipinski definition) is 7. The molecule has 0 aliphatic carbocycles. The van der Waals surface area contributed by atoms with Gasteiger partial charge in [0.25, 0.3) is 0 Å². The molecule has 0 aliphatic rings. The summed E-state index contributed by atoms with van der Waals surface area (Å²) in [6, 6.07) is 5.96. The van der Waals surface area contributed by atoms with Gasteiger partial charge in [-0.1, -0.05) is 16.4 Å². The number of nitrogens with zero attached hydrogens (tertiary/aromatic N) is 3. The van der Waals surface area contributed by atoms with Crippen molar-refractivity contribution in [2.24, 2.45) is 16.2 Å². The molecule has 152 valence electrons. The number of aromatic nitrogens is 1. The van der Waals surface area contributed by atoms with Crippen molar-refractivity contribution >= 4 is 11.4 Å². The fourth-order valence-electron chi connectivity index (χ4n) is 2.48. The van der Waals surface area contributed by atoms with Gasteiger partial charge in [0.05, 0.1) is 22.5 Å². The molecule has 27 heavy (non-hydrogen) atoms. The zero-order chi connectivity index (χ0) is 20.5.